The van der Waals surface area contributed by atoms with Gasteiger partial charge in [0.15, 0.2) is 0 Å². The molecule has 1 aromatic carbocycles. The Hall–Kier alpha value is -2.17. The molecule has 0 N–H and O–H groups in total. The van der Waals surface area contributed by atoms with E-state index in [0.717, 1.165) is 6.42 Å². The zero-order valence-electron chi connectivity index (χ0n) is 12.5. The zero-order valence-corrected chi connectivity index (χ0v) is 12.5. The maximum Gasteiger partial charge on any atom is 0.304 e. The second-order valence-corrected chi connectivity index (χ2v) is 5.27. The van der Waals surface area contributed by atoms with Crippen molar-refractivity contribution in [1.29, 1.82) is 0 Å². The van der Waals surface area contributed by atoms with Gasteiger partial charge in [0.1, 0.15) is 5.78 Å². The van der Waals surface area contributed by atoms with Gasteiger partial charge in [-0.1, -0.05) is 25.1 Å². The lowest BCUT2D eigenvalue weighted by Crippen LogP contribution is -2.44. The number of carbonyl (C=O) groups excluding carboxylic acids is 3. The van der Waals surface area contributed by atoms with Gasteiger partial charge in [0, 0.05) is 19.0 Å². The first-order valence-corrected chi connectivity index (χ1v) is 7.03. The number of ketones is 1. The van der Waals surface area contributed by atoms with E-state index in [2.05, 4.69) is 0 Å². The van der Waals surface area contributed by atoms with E-state index in [-0.39, 0.29) is 18.1 Å². The first kappa shape index (κ1) is 15.2. The van der Waals surface area contributed by atoms with Crippen molar-refractivity contribution < 1.29 is 19.1 Å². The standard InChI is InChI=1S/C16H19NO4/c1-4-9-17-14-8-6-5-7-13(14)16(15(17)20,10-11(2)18)21-12(3)19/h5-8H,4,9-10H2,1-3H3/t16-/m0/s1. The summed E-state index contributed by atoms with van der Waals surface area (Å²) >= 11 is 0. The molecule has 112 valence electrons. The van der Waals surface area contributed by atoms with Crippen LogP contribution in [0.4, 0.5) is 5.69 Å². The van der Waals surface area contributed by atoms with E-state index in [9.17, 15) is 14.4 Å². The summed E-state index contributed by atoms with van der Waals surface area (Å²) in [5.41, 5.74) is -0.204. The third-order valence-corrected chi connectivity index (χ3v) is 3.48. The number of ether oxygens (including phenoxy) is 1. The predicted octanol–water partition coefficient (Wildman–Crippen LogP) is 2.18. The van der Waals surface area contributed by atoms with E-state index in [1.165, 1.54) is 13.8 Å². The SMILES string of the molecule is CCCN1C(=O)[C@@](CC(C)=O)(OC(C)=O)c2ccccc21. The van der Waals surface area contributed by atoms with Gasteiger partial charge in [0.25, 0.3) is 5.91 Å². The smallest absolute Gasteiger partial charge is 0.304 e. The molecule has 1 aromatic rings. The average molecular weight is 289 g/mol. The number of hydrogen-bond acceptors (Lipinski definition) is 4. The van der Waals surface area contributed by atoms with Crippen LogP contribution in [-0.2, 0) is 24.7 Å². The van der Waals surface area contributed by atoms with Crippen molar-refractivity contribution >= 4 is 23.3 Å². The van der Waals surface area contributed by atoms with Gasteiger partial charge in [-0.2, -0.15) is 0 Å². The van der Waals surface area contributed by atoms with Crippen molar-refractivity contribution in [2.24, 2.45) is 0 Å². The van der Waals surface area contributed by atoms with Crippen molar-refractivity contribution in [2.75, 3.05) is 11.4 Å². The lowest BCUT2D eigenvalue weighted by Gasteiger charge is -2.27. The van der Waals surface area contributed by atoms with E-state index in [1.807, 2.05) is 19.1 Å². The highest BCUT2D eigenvalue weighted by atomic mass is 16.6. The molecule has 5 heteroatoms. The first-order valence-electron chi connectivity index (χ1n) is 7.03. The minimum Gasteiger partial charge on any atom is -0.444 e. The molecule has 0 aliphatic carbocycles. The zero-order chi connectivity index (χ0) is 15.6. The second kappa shape index (κ2) is 5.68. The Kier molecular flexibility index (Phi) is 4.11. The van der Waals surface area contributed by atoms with Crippen LogP contribution in [0.25, 0.3) is 0 Å². The van der Waals surface area contributed by atoms with Crippen molar-refractivity contribution in [2.45, 2.75) is 39.2 Å². The van der Waals surface area contributed by atoms with Crippen LogP contribution >= 0.6 is 0 Å². The molecule has 1 heterocycles. The molecule has 2 rings (SSSR count). The number of para-hydroxylation sites is 1. The normalized spacial score (nSPS) is 20.3. The number of nitrogens with zero attached hydrogens (tertiary/aromatic N) is 1. The largest absolute Gasteiger partial charge is 0.444 e. The van der Waals surface area contributed by atoms with Crippen molar-refractivity contribution in [1.82, 2.24) is 0 Å². The summed E-state index contributed by atoms with van der Waals surface area (Å²) in [7, 11) is 0. The molecule has 1 aliphatic heterocycles. The van der Waals surface area contributed by atoms with Gasteiger partial charge >= 0.3 is 5.97 Å². The van der Waals surface area contributed by atoms with Gasteiger partial charge in [-0.15, -0.1) is 0 Å². The van der Waals surface area contributed by atoms with Crippen LogP contribution < -0.4 is 4.90 Å². The number of fused-ring (bicyclic) bond motifs is 1. The maximum atomic E-state index is 12.8. The van der Waals surface area contributed by atoms with Crippen LogP contribution in [0, 0.1) is 0 Å². The summed E-state index contributed by atoms with van der Waals surface area (Å²) in [5, 5.41) is 0. The van der Waals surface area contributed by atoms with Gasteiger partial charge in [-0.3, -0.25) is 14.4 Å². The third-order valence-electron chi connectivity index (χ3n) is 3.48. The second-order valence-electron chi connectivity index (χ2n) is 5.27. The monoisotopic (exact) mass is 289 g/mol. The molecule has 0 fully saturated rings. The molecule has 0 aromatic heterocycles. The Morgan fingerprint density at radius 3 is 2.48 bits per heavy atom. The van der Waals surface area contributed by atoms with Gasteiger partial charge in [-0.05, 0) is 19.4 Å². The van der Waals surface area contributed by atoms with E-state index in [4.69, 9.17) is 4.74 Å². The van der Waals surface area contributed by atoms with E-state index in [0.29, 0.717) is 17.8 Å². The fraction of sp³-hybridized carbons (Fsp3) is 0.438. The molecule has 0 saturated carbocycles. The van der Waals surface area contributed by atoms with Crippen LogP contribution in [0.5, 0.6) is 0 Å². The molecular weight excluding hydrogens is 270 g/mol. The summed E-state index contributed by atoms with van der Waals surface area (Å²) < 4.78 is 5.37. The number of amides is 1. The first-order chi connectivity index (χ1) is 9.92. The lowest BCUT2D eigenvalue weighted by molar-refractivity contribution is -0.167. The highest BCUT2D eigenvalue weighted by Crippen LogP contribution is 2.45. The van der Waals surface area contributed by atoms with Gasteiger partial charge in [0.05, 0.1) is 12.1 Å². The van der Waals surface area contributed by atoms with Gasteiger partial charge in [-0.25, -0.2) is 0 Å². The van der Waals surface area contributed by atoms with Gasteiger partial charge in [0.2, 0.25) is 5.60 Å². The topological polar surface area (TPSA) is 63.7 Å². The van der Waals surface area contributed by atoms with E-state index in [1.54, 1.807) is 17.0 Å². The van der Waals surface area contributed by atoms with Crippen LogP contribution in [0.2, 0.25) is 0 Å². The Morgan fingerprint density at radius 1 is 1.24 bits per heavy atom. The Labute approximate surface area is 123 Å². The minimum atomic E-state index is -1.51. The molecular formula is C16H19NO4. The van der Waals surface area contributed by atoms with Crippen LogP contribution in [0.1, 0.15) is 39.2 Å². The third kappa shape index (κ3) is 2.55. The number of esters is 1. The molecule has 0 bridgehead atoms. The Bertz CT molecular complexity index is 578. The number of Topliss-reactive ketones (excluding diaryl/α,β-unsaturated/α-hetero) is 1. The molecule has 0 unspecified atom stereocenters. The summed E-state index contributed by atoms with van der Waals surface area (Å²) in [6.45, 7) is 5.13. The highest BCUT2D eigenvalue weighted by Gasteiger charge is 2.54. The molecule has 21 heavy (non-hydrogen) atoms. The van der Waals surface area contributed by atoms with Crippen LogP contribution in [0.15, 0.2) is 24.3 Å². The predicted molar refractivity (Wildman–Crippen MR) is 77.8 cm³/mol. The number of anilines is 1. The number of rotatable bonds is 5. The number of benzene rings is 1. The van der Waals surface area contributed by atoms with Crippen molar-refractivity contribution in [3.05, 3.63) is 29.8 Å². The summed E-state index contributed by atoms with van der Waals surface area (Å²) in [4.78, 5) is 37.6. The fourth-order valence-electron chi connectivity index (χ4n) is 2.84. The summed E-state index contributed by atoms with van der Waals surface area (Å²) in [5.74, 6) is -1.11. The molecule has 1 atom stereocenters. The maximum absolute atomic E-state index is 12.8. The lowest BCUT2D eigenvalue weighted by atomic mass is 9.90. The molecule has 0 radical (unpaired) electrons. The summed E-state index contributed by atoms with van der Waals surface area (Å²) in [6.07, 6.45) is 0.638. The fourth-order valence-corrected chi connectivity index (χ4v) is 2.84. The van der Waals surface area contributed by atoms with Crippen LogP contribution in [-0.4, -0.2) is 24.2 Å². The van der Waals surface area contributed by atoms with Gasteiger partial charge < -0.3 is 9.64 Å². The molecule has 1 aliphatic rings. The highest BCUT2D eigenvalue weighted by molar-refractivity contribution is 6.09. The molecule has 1 amide bonds. The quantitative estimate of drug-likeness (QED) is 0.779. The van der Waals surface area contributed by atoms with Crippen molar-refractivity contribution in [3.8, 4) is 0 Å². The summed E-state index contributed by atoms with van der Waals surface area (Å²) in [6, 6.07) is 7.16. The molecule has 0 saturated heterocycles. The van der Waals surface area contributed by atoms with E-state index >= 15 is 0 Å². The number of carbonyl (C=O) groups is 3. The Morgan fingerprint density at radius 2 is 1.90 bits per heavy atom. The van der Waals surface area contributed by atoms with Crippen LogP contribution in [0.3, 0.4) is 0 Å². The minimum absolute atomic E-state index is 0.136. The Balaban J connectivity index is 2.60. The molecule has 0 spiro atoms. The molecule has 5 nitrogen and oxygen atoms in total. The number of hydrogen-bond donors (Lipinski definition) is 0. The average Bonchev–Trinajstić information content (AvgIpc) is 2.61. The van der Waals surface area contributed by atoms with Crippen molar-refractivity contribution in [3.63, 3.8) is 0 Å². The van der Waals surface area contributed by atoms with E-state index < -0.39 is 11.6 Å².